The highest BCUT2D eigenvalue weighted by Crippen LogP contribution is 2.13. The van der Waals surface area contributed by atoms with Gasteiger partial charge in [0.25, 0.3) is 5.69 Å². The van der Waals surface area contributed by atoms with Crippen molar-refractivity contribution in [3.63, 3.8) is 0 Å². The Bertz CT molecular complexity index is 436. The summed E-state index contributed by atoms with van der Waals surface area (Å²) in [5, 5.41) is 19.8. The van der Waals surface area contributed by atoms with Crippen LogP contribution in [0.5, 0.6) is 0 Å². The van der Waals surface area contributed by atoms with Crippen LogP contribution in [0.15, 0.2) is 30.3 Å². The summed E-state index contributed by atoms with van der Waals surface area (Å²) in [6.45, 7) is 1.41. The van der Waals surface area contributed by atoms with Crippen LogP contribution in [-0.2, 0) is 4.79 Å². The number of aliphatic hydroxyl groups is 1. The monoisotopic (exact) mass is 235 g/mol. The molecule has 0 radical (unpaired) electrons. The first-order chi connectivity index (χ1) is 7.99. The fourth-order valence-electron chi connectivity index (χ4n) is 1.29. The number of rotatable bonds is 5. The molecule has 1 N–H and O–H groups in total. The van der Waals surface area contributed by atoms with Gasteiger partial charge in [-0.05, 0) is 24.6 Å². The lowest BCUT2D eigenvalue weighted by atomic mass is 10.1. The largest absolute Gasteiger partial charge is 0.389 e. The Morgan fingerprint density at radius 2 is 2.06 bits per heavy atom. The molecular weight excluding hydrogens is 222 g/mol. The fraction of sp³-hybridized carbons (Fsp3) is 0.250. The molecule has 0 saturated carbocycles. The van der Waals surface area contributed by atoms with Crippen molar-refractivity contribution < 1.29 is 14.8 Å². The van der Waals surface area contributed by atoms with E-state index in [1.165, 1.54) is 25.1 Å². The highest BCUT2D eigenvalue weighted by atomic mass is 16.6. The summed E-state index contributed by atoms with van der Waals surface area (Å²) in [6, 6.07) is 5.93. The smallest absolute Gasteiger partial charge is 0.269 e. The minimum atomic E-state index is -0.817. The predicted octanol–water partition coefficient (Wildman–Crippen LogP) is 1.95. The first-order valence-corrected chi connectivity index (χ1v) is 5.09. The topological polar surface area (TPSA) is 80.4 Å². The molecule has 0 bridgehead atoms. The van der Waals surface area contributed by atoms with E-state index in [0.717, 1.165) is 5.56 Å². The van der Waals surface area contributed by atoms with Gasteiger partial charge >= 0.3 is 0 Å². The van der Waals surface area contributed by atoms with Gasteiger partial charge in [0.15, 0.2) is 0 Å². The van der Waals surface area contributed by atoms with Crippen molar-refractivity contribution in [3.05, 3.63) is 46.0 Å². The summed E-state index contributed by atoms with van der Waals surface area (Å²) in [4.78, 5) is 20.7. The third-order valence-electron chi connectivity index (χ3n) is 2.11. The molecule has 1 atom stereocenters. The zero-order valence-corrected chi connectivity index (χ0v) is 9.37. The first kappa shape index (κ1) is 13.1. The average molecular weight is 235 g/mol. The van der Waals surface area contributed by atoms with E-state index in [9.17, 15) is 20.0 Å². The molecule has 0 fully saturated rings. The number of ketones is 1. The molecule has 0 saturated heterocycles. The minimum Gasteiger partial charge on any atom is -0.389 e. The van der Waals surface area contributed by atoms with Gasteiger partial charge in [0.05, 0.1) is 11.0 Å². The molecule has 5 heteroatoms. The third-order valence-corrected chi connectivity index (χ3v) is 2.11. The Morgan fingerprint density at radius 1 is 1.47 bits per heavy atom. The number of carbonyl (C=O) groups is 1. The maximum absolute atomic E-state index is 10.7. The van der Waals surface area contributed by atoms with Gasteiger partial charge in [0, 0.05) is 18.6 Å². The molecular formula is C12H13NO4. The zero-order valence-electron chi connectivity index (χ0n) is 9.37. The normalized spacial score (nSPS) is 12.6. The van der Waals surface area contributed by atoms with Crippen LogP contribution in [-0.4, -0.2) is 21.9 Å². The van der Waals surface area contributed by atoms with E-state index in [0.29, 0.717) is 0 Å². The summed E-state index contributed by atoms with van der Waals surface area (Å²) < 4.78 is 0. The highest BCUT2D eigenvalue weighted by Gasteiger charge is 2.04. The van der Waals surface area contributed by atoms with Crippen molar-refractivity contribution in [2.24, 2.45) is 0 Å². The number of Topliss-reactive ketones (excluding diaryl/α,β-unsaturated/α-hetero) is 1. The minimum absolute atomic E-state index is 0.0198. The van der Waals surface area contributed by atoms with Crippen molar-refractivity contribution in [1.29, 1.82) is 0 Å². The average Bonchev–Trinajstić information content (AvgIpc) is 2.26. The van der Waals surface area contributed by atoms with Crippen molar-refractivity contribution in [1.82, 2.24) is 0 Å². The Balaban J connectivity index is 2.65. The molecule has 0 heterocycles. The van der Waals surface area contributed by atoms with Gasteiger partial charge < -0.3 is 5.11 Å². The Morgan fingerprint density at radius 3 is 2.53 bits per heavy atom. The van der Waals surface area contributed by atoms with Crippen molar-refractivity contribution in [3.8, 4) is 0 Å². The maximum Gasteiger partial charge on any atom is 0.269 e. The van der Waals surface area contributed by atoms with Crippen LogP contribution in [0.3, 0.4) is 0 Å². The lowest BCUT2D eigenvalue weighted by molar-refractivity contribution is -0.384. The molecule has 0 amide bonds. The van der Waals surface area contributed by atoms with Crippen LogP contribution in [0.2, 0.25) is 0 Å². The van der Waals surface area contributed by atoms with Gasteiger partial charge in [-0.2, -0.15) is 0 Å². The van der Waals surface area contributed by atoms with Crippen LogP contribution in [0, 0.1) is 10.1 Å². The van der Waals surface area contributed by atoms with Crippen LogP contribution >= 0.6 is 0 Å². The second-order valence-electron chi connectivity index (χ2n) is 3.68. The van der Waals surface area contributed by atoms with Crippen LogP contribution in [0.1, 0.15) is 18.9 Å². The molecule has 0 aliphatic carbocycles. The van der Waals surface area contributed by atoms with Gasteiger partial charge in [-0.1, -0.05) is 12.2 Å². The van der Waals surface area contributed by atoms with E-state index >= 15 is 0 Å². The summed E-state index contributed by atoms with van der Waals surface area (Å²) >= 11 is 0. The quantitative estimate of drug-likeness (QED) is 0.624. The number of hydrogen-bond acceptors (Lipinski definition) is 4. The molecule has 17 heavy (non-hydrogen) atoms. The molecule has 0 aromatic heterocycles. The molecule has 1 aromatic carbocycles. The van der Waals surface area contributed by atoms with E-state index < -0.39 is 11.0 Å². The SMILES string of the molecule is CC(=O)CC(O)/C=C/c1ccc([N+](=O)[O-])cc1. The Kier molecular flexibility index (Phi) is 4.54. The fourth-order valence-corrected chi connectivity index (χ4v) is 1.29. The Labute approximate surface area is 98.5 Å². The van der Waals surface area contributed by atoms with Gasteiger partial charge in [-0.3, -0.25) is 14.9 Å². The second kappa shape index (κ2) is 5.91. The van der Waals surface area contributed by atoms with E-state index in [4.69, 9.17) is 0 Å². The number of benzene rings is 1. The maximum atomic E-state index is 10.7. The lowest BCUT2D eigenvalue weighted by Gasteiger charge is -2.01. The van der Waals surface area contributed by atoms with Gasteiger partial charge in [-0.15, -0.1) is 0 Å². The summed E-state index contributed by atoms with van der Waals surface area (Å²) in [7, 11) is 0. The third kappa shape index (κ3) is 4.56. The van der Waals surface area contributed by atoms with Crippen molar-refractivity contribution in [2.45, 2.75) is 19.4 Å². The molecule has 0 aliphatic rings. The van der Waals surface area contributed by atoms with Gasteiger partial charge in [0.2, 0.25) is 0 Å². The van der Waals surface area contributed by atoms with E-state index in [1.54, 1.807) is 18.2 Å². The molecule has 5 nitrogen and oxygen atoms in total. The molecule has 1 aromatic rings. The van der Waals surface area contributed by atoms with Crippen LogP contribution in [0.4, 0.5) is 5.69 Å². The highest BCUT2D eigenvalue weighted by molar-refractivity contribution is 5.76. The molecule has 1 unspecified atom stereocenters. The summed E-state index contributed by atoms with van der Waals surface area (Å²) in [5.74, 6) is -0.0918. The van der Waals surface area contributed by atoms with Crippen LogP contribution < -0.4 is 0 Å². The Hall–Kier alpha value is -2.01. The number of nitro benzene ring substituents is 1. The van der Waals surface area contributed by atoms with Gasteiger partial charge in [0.1, 0.15) is 5.78 Å². The van der Waals surface area contributed by atoms with Crippen LogP contribution in [0.25, 0.3) is 6.08 Å². The first-order valence-electron chi connectivity index (χ1n) is 5.09. The number of non-ortho nitro benzene ring substituents is 1. The standard InChI is InChI=1S/C12H13NO4/c1-9(14)8-12(15)7-4-10-2-5-11(6-3-10)13(16)17/h2-7,12,15H,8H2,1H3/b7-4+. The zero-order chi connectivity index (χ0) is 12.8. The number of hydrogen-bond donors (Lipinski definition) is 1. The summed E-state index contributed by atoms with van der Waals surface area (Å²) in [6.07, 6.45) is 2.37. The predicted molar refractivity (Wildman–Crippen MR) is 63.4 cm³/mol. The lowest BCUT2D eigenvalue weighted by Crippen LogP contribution is -2.07. The molecule has 90 valence electrons. The number of carbonyl (C=O) groups excluding carboxylic acids is 1. The van der Waals surface area contributed by atoms with E-state index in [2.05, 4.69) is 0 Å². The summed E-state index contributed by atoms with van der Waals surface area (Å²) in [5.41, 5.74) is 0.754. The van der Waals surface area contributed by atoms with Crippen molar-refractivity contribution >= 4 is 17.5 Å². The van der Waals surface area contributed by atoms with E-state index in [-0.39, 0.29) is 17.9 Å². The van der Waals surface area contributed by atoms with Crippen molar-refractivity contribution in [2.75, 3.05) is 0 Å². The molecule has 0 spiro atoms. The second-order valence-corrected chi connectivity index (χ2v) is 3.68. The molecule has 0 aliphatic heterocycles. The number of aliphatic hydroxyl groups excluding tert-OH is 1. The molecule has 1 rings (SSSR count). The number of nitrogens with zero attached hydrogens (tertiary/aromatic N) is 1. The number of nitro groups is 1. The van der Waals surface area contributed by atoms with Gasteiger partial charge in [-0.25, -0.2) is 0 Å². The van der Waals surface area contributed by atoms with E-state index in [1.807, 2.05) is 0 Å².